The van der Waals surface area contributed by atoms with Crippen LogP contribution in [-0.4, -0.2) is 209 Å². The van der Waals surface area contributed by atoms with Crippen LogP contribution < -0.4 is 10.6 Å². The van der Waals surface area contributed by atoms with Crippen molar-refractivity contribution in [2.45, 2.75) is 196 Å². The highest BCUT2D eigenvalue weighted by molar-refractivity contribution is 5.79. The molecule has 2 saturated carbocycles. The summed E-state index contributed by atoms with van der Waals surface area (Å²) in [4.78, 5) is 39.7. The van der Waals surface area contributed by atoms with E-state index < -0.39 is 165 Å². The lowest BCUT2D eigenvalue weighted by atomic mass is 9.75. The van der Waals surface area contributed by atoms with E-state index in [9.17, 15) is 69.1 Å². The molecular weight excluding hydrogens is 1000 g/mol. The van der Waals surface area contributed by atoms with Crippen molar-refractivity contribution in [3.05, 3.63) is 35.5 Å². The van der Waals surface area contributed by atoms with Crippen molar-refractivity contribution in [3.63, 3.8) is 0 Å². The predicted molar refractivity (Wildman–Crippen MR) is 251 cm³/mol. The van der Waals surface area contributed by atoms with Crippen LogP contribution in [-0.2, 0) is 47.5 Å². The average molecular weight is 1070 g/mol. The summed E-state index contributed by atoms with van der Waals surface area (Å²) in [5, 5.41) is 111. The molecule has 26 heteroatoms. The first-order valence-electron chi connectivity index (χ1n) is 25.7. The number of hydrogen-bond donors (Lipinski definition) is 11. The van der Waals surface area contributed by atoms with Gasteiger partial charge in [-0.05, 0) is 62.6 Å². The van der Waals surface area contributed by atoms with Crippen molar-refractivity contribution < 1.29 is 102 Å². The zero-order valence-corrected chi connectivity index (χ0v) is 42.3. The van der Waals surface area contributed by atoms with Gasteiger partial charge in [-0.1, -0.05) is 50.7 Å². The molecule has 0 bridgehead atoms. The van der Waals surface area contributed by atoms with E-state index in [1.807, 2.05) is 6.92 Å². The lowest BCUT2D eigenvalue weighted by Crippen LogP contribution is -2.67. The minimum absolute atomic E-state index is 0.0114. The SMILES string of the molecule is CCC1CC(C(=O)NCCO[C@H]2OC(CO)[C@@H](O)C(n3cc(-c4cc(C)c(F)c(F)c4)nn3)C2O)C[C@@H](O[C@@H]2O[C@@H](CO)[C@H](O)C(O[C@@H](CC3CCCCC3)C(=O)O)C2NC(C)=O)[C@@H]1O[C@@H]1OC(C)[C@@H](O)[C@H](O)C1O. The van der Waals surface area contributed by atoms with Gasteiger partial charge in [0.15, 0.2) is 36.6 Å². The van der Waals surface area contributed by atoms with Crippen LogP contribution in [0.25, 0.3) is 11.3 Å². The fraction of sp³-hybridized carbons (Fsp3) is 0.776. The minimum atomic E-state index is -1.74. The Labute approximate surface area is 431 Å². The standard InChI is InChI=1S/C49H73F2N5O19/c1-5-25-15-27(45(66)52-11-12-69-48-40(63)36(38(61)32(19-57)74-48)56-18-29(54-55-56)26-13-21(2)34(51)28(50)16-26)17-30(43(25)75-49-42(65)41(64)37(60)22(3)70-49)72-47-35(53-23(4)59)44(39(62)33(20-58)73-47)71-31(46(67)68)14-24-9-7-6-8-10-24/h13,16,18,22,24-25,27,30-33,35-44,47-49,57-58,60-65H,5-12,14-15,17,19-20H2,1-4H3,(H,52,66)(H,53,59)(H,67,68)/t22?,25?,27?,30-,31+,32?,33+,35?,36?,37-,38-,39+,40?,41+,42?,43-,44?,47-,48+,49+/m1/s1. The number of aryl methyl sites for hydroxylation is 1. The highest BCUT2D eigenvalue weighted by atomic mass is 19.2. The van der Waals surface area contributed by atoms with Crippen LogP contribution in [0.4, 0.5) is 8.78 Å². The summed E-state index contributed by atoms with van der Waals surface area (Å²) < 4.78 is 72.1. The maximum atomic E-state index is 14.3. The average Bonchev–Trinajstić information content (AvgIpc) is 3.88. The first kappa shape index (κ1) is 58.7. The van der Waals surface area contributed by atoms with Crippen molar-refractivity contribution in [3.8, 4) is 11.3 Å². The Kier molecular flexibility index (Phi) is 20.4. The van der Waals surface area contributed by atoms with E-state index in [-0.39, 0.29) is 55.2 Å². The summed E-state index contributed by atoms with van der Waals surface area (Å²) in [6, 6.07) is -0.430. The molecule has 0 radical (unpaired) electrons. The molecule has 5 aliphatic rings. The first-order valence-corrected chi connectivity index (χ1v) is 25.7. The molecule has 422 valence electrons. The Bertz CT molecular complexity index is 2190. The number of rotatable bonds is 20. The van der Waals surface area contributed by atoms with Gasteiger partial charge in [-0.25, -0.2) is 18.3 Å². The largest absolute Gasteiger partial charge is 0.479 e. The topological polar surface area (TPSA) is 353 Å². The highest BCUT2D eigenvalue weighted by Gasteiger charge is 2.53. The zero-order valence-electron chi connectivity index (χ0n) is 42.3. The molecule has 2 amide bonds. The van der Waals surface area contributed by atoms with Crippen molar-refractivity contribution in [2.75, 3.05) is 26.4 Å². The molecule has 0 spiro atoms. The maximum Gasteiger partial charge on any atom is 0.332 e. The van der Waals surface area contributed by atoms with Gasteiger partial charge >= 0.3 is 5.97 Å². The van der Waals surface area contributed by atoms with E-state index in [1.54, 1.807) is 0 Å². The van der Waals surface area contributed by atoms with E-state index in [1.165, 1.54) is 33.0 Å². The summed E-state index contributed by atoms with van der Waals surface area (Å²) in [6.07, 6.45) is -16.9. The number of nitrogens with one attached hydrogen (secondary N) is 2. The number of carbonyl (C=O) groups excluding carboxylic acids is 2. The van der Waals surface area contributed by atoms with Gasteiger partial charge in [0.1, 0.15) is 72.7 Å². The summed E-state index contributed by atoms with van der Waals surface area (Å²) in [7, 11) is 0. The van der Waals surface area contributed by atoms with Crippen molar-refractivity contribution in [2.24, 2.45) is 17.8 Å². The number of aliphatic hydroxyl groups is 8. The summed E-state index contributed by atoms with van der Waals surface area (Å²) >= 11 is 0. The molecule has 2 aliphatic carbocycles. The van der Waals surface area contributed by atoms with Gasteiger partial charge in [0, 0.05) is 24.9 Å². The van der Waals surface area contributed by atoms with Crippen LogP contribution in [0.15, 0.2) is 18.3 Å². The molecule has 75 heavy (non-hydrogen) atoms. The van der Waals surface area contributed by atoms with Crippen LogP contribution in [0, 0.1) is 36.3 Å². The lowest BCUT2D eigenvalue weighted by Gasteiger charge is -2.49. The predicted octanol–water partition coefficient (Wildman–Crippen LogP) is -0.930. The number of benzene rings is 1. The third-order valence-electron chi connectivity index (χ3n) is 15.2. The molecule has 7 rings (SSSR count). The number of carboxylic acids is 1. The van der Waals surface area contributed by atoms with Crippen molar-refractivity contribution in [1.82, 2.24) is 25.6 Å². The first-order chi connectivity index (χ1) is 35.7. The Balaban J connectivity index is 1.08. The number of halogens is 2. The molecule has 3 aliphatic heterocycles. The Hall–Kier alpha value is -3.97. The second-order valence-electron chi connectivity index (χ2n) is 20.4. The number of ether oxygens (including phenoxy) is 7. The van der Waals surface area contributed by atoms with E-state index in [0.717, 1.165) is 42.9 Å². The quantitative estimate of drug-likeness (QED) is 0.0714. The Morgan fingerprint density at radius 2 is 1.55 bits per heavy atom. The van der Waals surface area contributed by atoms with Crippen LogP contribution >= 0.6 is 0 Å². The maximum absolute atomic E-state index is 14.3. The molecule has 11 N–H and O–H groups in total. The van der Waals surface area contributed by atoms with Crippen LogP contribution in [0.2, 0.25) is 0 Å². The van der Waals surface area contributed by atoms with Gasteiger partial charge in [-0.3, -0.25) is 9.59 Å². The van der Waals surface area contributed by atoms with Gasteiger partial charge in [-0.2, -0.15) is 0 Å². The fourth-order valence-corrected chi connectivity index (χ4v) is 11.0. The lowest BCUT2D eigenvalue weighted by molar-refractivity contribution is -0.338. The second kappa shape index (κ2) is 26.1. The number of hydrogen-bond acceptors (Lipinski definition) is 20. The van der Waals surface area contributed by atoms with Gasteiger partial charge in [0.2, 0.25) is 11.8 Å². The van der Waals surface area contributed by atoms with Gasteiger partial charge in [0.05, 0.1) is 44.3 Å². The third kappa shape index (κ3) is 13.7. The summed E-state index contributed by atoms with van der Waals surface area (Å²) in [6.45, 7) is 3.91. The Morgan fingerprint density at radius 1 is 0.853 bits per heavy atom. The summed E-state index contributed by atoms with van der Waals surface area (Å²) in [5.74, 6) is -5.95. The molecule has 4 heterocycles. The molecule has 1 aromatic heterocycles. The molecule has 9 unspecified atom stereocenters. The minimum Gasteiger partial charge on any atom is -0.479 e. The van der Waals surface area contributed by atoms with E-state index in [2.05, 4.69) is 20.9 Å². The van der Waals surface area contributed by atoms with Gasteiger partial charge in [-0.15, -0.1) is 5.10 Å². The van der Waals surface area contributed by atoms with Crippen molar-refractivity contribution >= 4 is 17.8 Å². The normalized spacial score (nSPS) is 37.2. The molecule has 1 aromatic carbocycles. The van der Waals surface area contributed by atoms with E-state index in [4.69, 9.17) is 33.2 Å². The molecule has 3 saturated heterocycles. The zero-order chi connectivity index (χ0) is 54.4. The number of aliphatic carboxylic acids is 1. The Morgan fingerprint density at radius 3 is 2.20 bits per heavy atom. The number of amides is 2. The number of carboxylic acid groups (broad SMARTS) is 1. The van der Waals surface area contributed by atoms with E-state index in [0.29, 0.717) is 6.42 Å². The molecule has 20 atom stereocenters. The van der Waals surface area contributed by atoms with Gasteiger partial charge < -0.3 is 89.8 Å². The smallest absolute Gasteiger partial charge is 0.332 e. The van der Waals surface area contributed by atoms with Crippen LogP contribution in [0.3, 0.4) is 0 Å². The number of aromatic nitrogens is 3. The fourth-order valence-electron chi connectivity index (χ4n) is 11.0. The number of nitrogens with zero attached hydrogens (tertiary/aromatic N) is 3. The van der Waals surface area contributed by atoms with Gasteiger partial charge in [0.25, 0.3) is 0 Å². The van der Waals surface area contributed by atoms with Crippen molar-refractivity contribution in [1.29, 1.82) is 0 Å². The summed E-state index contributed by atoms with van der Waals surface area (Å²) in [5.41, 5.74) is 0.278. The molecule has 5 fully saturated rings. The second-order valence-corrected chi connectivity index (χ2v) is 20.4. The monoisotopic (exact) mass is 1070 g/mol. The van der Waals surface area contributed by atoms with E-state index >= 15 is 0 Å². The number of carbonyl (C=O) groups is 3. The van der Waals surface area contributed by atoms with Crippen LogP contribution in [0.1, 0.15) is 90.2 Å². The van der Waals surface area contributed by atoms with Crippen LogP contribution in [0.5, 0.6) is 0 Å². The number of aliphatic hydroxyl groups excluding tert-OH is 8. The third-order valence-corrected chi connectivity index (χ3v) is 15.2. The molecule has 24 nitrogen and oxygen atoms in total. The molecular formula is C49H73F2N5O19. The highest BCUT2D eigenvalue weighted by Crippen LogP contribution is 2.40. The molecule has 2 aromatic rings.